The van der Waals surface area contributed by atoms with Gasteiger partial charge in [-0.1, -0.05) is 0 Å². The van der Waals surface area contributed by atoms with Gasteiger partial charge in [0.25, 0.3) is 6.47 Å². The molecule has 4 nitrogen and oxygen atoms in total. The van der Waals surface area contributed by atoms with Gasteiger partial charge in [-0.3, -0.25) is 4.79 Å². The van der Waals surface area contributed by atoms with Gasteiger partial charge in [-0.15, -0.1) is 0 Å². The summed E-state index contributed by atoms with van der Waals surface area (Å²) in [7, 11) is 0. The molecule has 7 heteroatoms. The first-order chi connectivity index (χ1) is 11.0. The summed E-state index contributed by atoms with van der Waals surface area (Å²) in [5.41, 5.74) is -0.591. The van der Waals surface area contributed by atoms with Crippen LogP contribution in [0.5, 0.6) is 5.75 Å². The van der Waals surface area contributed by atoms with Gasteiger partial charge in [0, 0.05) is 0 Å². The summed E-state index contributed by atoms with van der Waals surface area (Å²) in [6.45, 7) is 7.48. The molecule has 0 amide bonds. The lowest BCUT2D eigenvalue weighted by Gasteiger charge is -2.24. The van der Waals surface area contributed by atoms with E-state index in [0.717, 1.165) is 44.1 Å². The number of phenols is 1. The highest BCUT2D eigenvalue weighted by Crippen LogP contribution is 2.37. The van der Waals surface area contributed by atoms with Crippen LogP contribution < -0.4 is 5.32 Å². The number of hydrogen-bond donors (Lipinski definition) is 2. The quantitative estimate of drug-likeness (QED) is 0.798. The van der Waals surface area contributed by atoms with Crippen molar-refractivity contribution in [1.29, 1.82) is 0 Å². The van der Waals surface area contributed by atoms with Crippen LogP contribution in [0.2, 0.25) is 0 Å². The highest BCUT2D eigenvalue weighted by Gasteiger charge is 2.32. The maximum Gasteiger partial charge on any atom is 0.416 e. The highest BCUT2D eigenvalue weighted by molar-refractivity contribution is 5.40. The number of carbonyl (C=O) groups is 1. The maximum atomic E-state index is 12.6. The fourth-order valence-electron chi connectivity index (χ4n) is 2.34. The predicted molar refractivity (Wildman–Crippen MR) is 84.9 cm³/mol. The standard InChI is InChI=1S/C12H14F3NO.C5H10O2/c13-12(14,15)9-1-2-11(17)10(7-9)8-3-5-16-6-4-8;1-5(2,3)7-4-6/h1-2,7-8,16-17H,3-6H2;4H,1-3H3. The Bertz CT molecular complexity index is 533. The molecule has 1 saturated heterocycles. The number of carbonyl (C=O) groups excluding carboxylic acids is 1. The van der Waals surface area contributed by atoms with Gasteiger partial charge in [-0.05, 0) is 76.4 Å². The van der Waals surface area contributed by atoms with Crippen molar-refractivity contribution in [1.82, 2.24) is 5.32 Å². The first-order valence-electron chi connectivity index (χ1n) is 7.77. The average molecular weight is 347 g/mol. The largest absolute Gasteiger partial charge is 0.508 e. The molecule has 2 rings (SSSR count). The summed E-state index contributed by atoms with van der Waals surface area (Å²) in [5, 5.41) is 12.8. The SMILES string of the molecule is CC(C)(C)OC=O.Oc1ccc(C(F)(F)F)cc1C1CCNCC1. The van der Waals surface area contributed by atoms with Gasteiger partial charge in [0.15, 0.2) is 0 Å². The Morgan fingerprint density at radius 3 is 2.21 bits per heavy atom. The number of alkyl halides is 3. The number of nitrogens with one attached hydrogen (secondary N) is 1. The van der Waals surface area contributed by atoms with Gasteiger partial charge in [0.2, 0.25) is 0 Å². The van der Waals surface area contributed by atoms with E-state index >= 15 is 0 Å². The van der Waals surface area contributed by atoms with E-state index in [9.17, 15) is 23.1 Å². The molecule has 0 spiro atoms. The van der Waals surface area contributed by atoms with Crippen LogP contribution in [0.25, 0.3) is 0 Å². The highest BCUT2D eigenvalue weighted by atomic mass is 19.4. The average Bonchev–Trinajstić information content (AvgIpc) is 2.47. The lowest BCUT2D eigenvalue weighted by atomic mass is 9.88. The zero-order valence-corrected chi connectivity index (χ0v) is 14.1. The molecule has 0 radical (unpaired) electrons. The number of rotatable bonds is 2. The maximum absolute atomic E-state index is 12.6. The monoisotopic (exact) mass is 347 g/mol. The molecule has 136 valence electrons. The Morgan fingerprint density at radius 1 is 1.21 bits per heavy atom. The third kappa shape index (κ3) is 6.78. The Hall–Kier alpha value is -1.76. The van der Waals surface area contributed by atoms with Crippen LogP contribution in [-0.2, 0) is 15.7 Å². The van der Waals surface area contributed by atoms with E-state index in [1.54, 1.807) is 0 Å². The lowest BCUT2D eigenvalue weighted by Crippen LogP contribution is -2.26. The number of phenolic OH excluding ortho intramolecular Hbond substituents is 1. The van der Waals surface area contributed by atoms with Gasteiger partial charge in [-0.25, -0.2) is 0 Å². The zero-order valence-electron chi connectivity index (χ0n) is 14.1. The smallest absolute Gasteiger partial charge is 0.416 e. The summed E-state index contributed by atoms with van der Waals surface area (Å²) in [6.07, 6.45) is -2.83. The molecule has 0 saturated carbocycles. The molecule has 0 bridgehead atoms. The van der Waals surface area contributed by atoms with E-state index in [2.05, 4.69) is 10.1 Å². The summed E-state index contributed by atoms with van der Waals surface area (Å²) in [5.74, 6) is -0.0246. The molecule has 0 unspecified atom stereocenters. The van der Waals surface area contributed by atoms with E-state index in [1.807, 2.05) is 20.8 Å². The second kappa shape index (κ2) is 8.37. The molecule has 0 aromatic heterocycles. The number of ether oxygens (including phenoxy) is 1. The van der Waals surface area contributed by atoms with Crippen molar-refractivity contribution >= 4 is 6.47 Å². The van der Waals surface area contributed by atoms with E-state index in [4.69, 9.17) is 0 Å². The topological polar surface area (TPSA) is 58.6 Å². The normalized spacial score (nSPS) is 16.1. The number of hydrogen-bond acceptors (Lipinski definition) is 4. The zero-order chi connectivity index (χ0) is 18.4. The lowest BCUT2D eigenvalue weighted by molar-refractivity contribution is -0.139. The molecule has 1 aliphatic rings. The molecule has 1 aromatic rings. The molecule has 1 fully saturated rings. The van der Waals surface area contributed by atoms with Crippen LogP contribution >= 0.6 is 0 Å². The van der Waals surface area contributed by atoms with Gasteiger partial charge < -0.3 is 15.2 Å². The first kappa shape index (κ1) is 20.3. The Kier molecular flexibility index (Phi) is 7.08. The Morgan fingerprint density at radius 2 is 1.79 bits per heavy atom. The second-order valence-corrected chi connectivity index (χ2v) is 6.62. The molecule has 1 aliphatic heterocycles. The number of halogens is 3. The summed E-state index contributed by atoms with van der Waals surface area (Å²) < 4.78 is 42.3. The first-order valence-corrected chi connectivity index (χ1v) is 7.77. The molecule has 1 heterocycles. The summed E-state index contributed by atoms with van der Waals surface area (Å²) in [6, 6.07) is 3.13. The van der Waals surface area contributed by atoms with Crippen LogP contribution in [-0.4, -0.2) is 30.3 Å². The van der Waals surface area contributed by atoms with Gasteiger partial charge in [-0.2, -0.15) is 13.2 Å². The fourth-order valence-corrected chi connectivity index (χ4v) is 2.34. The Balaban J connectivity index is 0.000000351. The van der Waals surface area contributed by atoms with Crippen molar-refractivity contribution in [3.8, 4) is 5.75 Å². The molecular weight excluding hydrogens is 323 g/mol. The predicted octanol–water partition coefficient (Wildman–Crippen LogP) is 3.84. The summed E-state index contributed by atoms with van der Waals surface area (Å²) >= 11 is 0. The van der Waals surface area contributed by atoms with Crippen molar-refractivity contribution in [3.63, 3.8) is 0 Å². The minimum atomic E-state index is -4.35. The van der Waals surface area contributed by atoms with Crippen molar-refractivity contribution in [2.45, 2.75) is 51.3 Å². The number of aromatic hydroxyl groups is 1. The van der Waals surface area contributed by atoms with Crippen molar-refractivity contribution in [3.05, 3.63) is 29.3 Å². The van der Waals surface area contributed by atoms with E-state index in [-0.39, 0.29) is 17.3 Å². The molecule has 2 N–H and O–H groups in total. The minimum Gasteiger partial charge on any atom is -0.508 e. The van der Waals surface area contributed by atoms with Crippen molar-refractivity contribution in [2.24, 2.45) is 0 Å². The second-order valence-electron chi connectivity index (χ2n) is 6.62. The van der Waals surface area contributed by atoms with Crippen LogP contribution in [0.3, 0.4) is 0 Å². The Labute approximate surface area is 140 Å². The third-order valence-electron chi connectivity index (χ3n) is 3.54. The van der Waals surface area contributed by atoms with E-state index in [0.29, 0.717) is 12.0 Å². The van der Waals surface area contributed by atoms with E-state index < -0.39 is 11.7 Å². The molecule has 1 aromatic carbocycles. The van der Waals surface area contributed by atoms with Gasteiger partial charge in [0.1, 0.15) is 11.4 Å². The van der Waals surface area contributed by atoms with Crippen LogP contribution in [0, 0.1) is 0 Å². The van der Waals surface area contributed by atoms with Crippen LogP contribution in [0.4, 0.5) is 13.2 Å². The van der Waals surface area contributed by atoms with E-state index in [1.165, 1.54) is 0 Å². The molecular formula is C17H24F3NO3. The van der Waals surface area contributed by atoms with Crippen molar-refractivity contribution in [2.75, 3.05) is 13.1 Å². The fraction of sp³-hybridized carbons (Fsp3) is 0.588. The van der Waals surface area contributed by atoms with Crippen LogP contribution in [0.15, 0.2) is 18.2 Å². The number of benzene rings is 1. The number of piperidine rings is 1. The molecule has 24 heavy (non-hydrogen) atoms. The van der Waals surface area contributed by atoms with Gasteiger partial charge in [0.05, 0.1) is 5.56 Å². The molecule has 0 aliphatic carbocycles. The molecule has 0 atom stereocenters. The van der Waals surface area contributed by atoms with Crippen LogP contribution in [0.1, 0.15) is 50.7 Å². The summed E-state index contributed by atoms with van der Waals surface area (Å²) in [4.78, 5) is 9.60. The van der Waals surface area contributed by atoms with Gasteiger partial charge >= 0.3 is 6.18 Å². The van der Waals surface area contributed by atoms with Crippen molar-refractivity contribution < 1.29 is 27.8 Å². The minimum absolute atomic E-state index is 0.0125. The third-order valence-corrected chi connectivity index (χ3v) is 3.54.